The van der Waals surface area contributed by atoms with Crippen LogP contribution in [0.25, 0.3) is 10.8 Å². The number of fused-ring (bicyclic) bond motifs is 1. The van der Waals surface area contributed by atoms with Gasteiger partial charge in [0, 0.05) is 18.9 Å². The van der Waals surface area contributed by atoms with Crippen LogP contribution in [0.15, 0.2) is 67.0 Å². The lowest BCUT2D eigenvalue weighted by atomic mass is 10.00. The number of nitrogens with one attached hydrogen (secondary N) is 2. The molecular weight excluding hydrogens is 350 g/mol. The van der Waals surface area contributed by atoms with E-state index >= 15 is 0 Å². The Hall–Kier alpha value is -3.21. The van der Waals surface area contributed by atoms with Crippen LogP contribution in [0.1, 0.15) is 25.0 Å². The van der Waals surface area contributed by atoms with Crippen LogP contribution >= 0.6 is 0 Å². The molecule has 1 aromatic heterocycles. The Balaban J connectivity index is 1.64. The Labute approximate surface area is 165 Å². The second-order valence-electron chi connectivity index (χ2n) is 7.18. The Morgan fingerprint density at radius 2 is 1.68 bits per heavy atom. The summed E-state index contributed by atoms with van der Waals surface area (Å²) in [5.41, 5.74) is 1.92. The Morgan fingerprint density at radius 1 is 0.964 bits per heavy atom. The number of amides is 2. The van der Waals surface area contributed by atoms with Gasteiger partial charge >= 0.3 is 0 Å². The summed E-state index contributed by atoms with van der Waals surface area (Å²) in [7, 11) is 0. The topological polar surface area (TPSA) is 71.1 Å². The number of rotatable bonds is 7. The molecule has 0 saturated carbocycles. The molecule has 1 heterocycles. The molecule has 3 rings (SSSR count). The van der Waals surface area contributed by atoms with Gasteiger partial charge in [-0.1, -0.05) is 56.3 Å². The molecule has 0 unspecified atom stereocenters. The molecule has 28 heavy (non-hydrogen) atoms. The van der Waals surface area contributed by atoms with Gasteiger partial charge in [-0.3, -0.25) is 14.6 Å². The largest absolute Gasteiger partial charge is 0.350 e. The van der Waals surface area contributed by atoms with E-state index in [9.17, 15) is 9.59 Å². The van der Waals surface area contributed by atoms with Gasteiger partial charge in [0.05, 0.1) is 6.42 Å². The molecule has 1 atom stereocenters. The molecule has 0 aliphatic rings. The third-order valence-electron chi connectivity index (χ3n) is 4.71. The van der Waals surface area contributed by atoms with Gasteiger partial charge in [0.15, 0.2) is 0 Å². The first-order valence-electron chi connectivity index (χ1n) is 9.47. The van der Waals surface area contributed by atoms with Gasteiger partial charge in [0.25, 0.3) is 0 Å². The number of hydrogen-bond donors (Lipinski definition) is 2. The van der Waals surface area contributed by atoms with Crippen molar-refractivity contribution in [3.05, 3.63) is 78.1 Å². The summed E-state index contributed by atoms with van der Waals surface area (Å²) in [5, 5.41) is 7.96. The first kappa shape index (κ1) is 19.5. The van der Waals surface area contributed by atoms with E-state index < -0.39 is 6.04 Å². The van der Waals surface area contributed by atoms with Crippen LogP contribution in [-0.2, 0) is 22.6 Å². The van der Waals surface area contributed by atoms with Crippen LogP contribution in [-0.4, -0.2) is 22.8 Å². The van der Waals surface area contributed by atoms with Crippen molar-refractivity contribution in [3.63, 3.8) is 0 Å². The smallest absolute Gasteiger partial charge is 0.243 e. The highest BCUT2D eigenvalue weighted by Gasteiger charge is 2.24. The van der Waals surface area contributed by atoms with E-state index in [1.54, 1.807) is 12.4 Å². The molecule has 0 radical (unpaired) electrons. The van der Waals surface area contributed by atoms with Gasteiger partial charge in [-0.05, 0) is 39.9 Å². The number of carbonyl (C=O) groups excluding carboxylic acids is 2. The Bertz CT molecular complexity index is 949. The van der Waals surface area contributed by atoms with Gasteiger partial charge in [0.1, 0.15) is 6.04 Å². The van der Waals surface area contributed by atoms with Gasteiger partial charge in [-0.15, -0.1) is 0 Å². The van der Waals surface area contributed by atoms with Crippen molar-refractivity contribution in [2.75, 3.05) is 0 Å². The third-order valence-corrected chi connectivity index (χ3v) is 4.71. The van der Waals surface area contributed by atoms with Crippen molar-refractivity contribution >= 4 is 22.6 Å². The molecule has 0 spiro atoms. The maximum Gasteiger partial charge on any atom is 0.243 e. The molecule has 2 N–H and O–H groups in total. The lowest BCUT2D eigenvalue weighted by molar-refractivity contribution is -0.129. The fraction of sp³-hybridized carbons (Fsp3) is 0.261. The van der Waals surface area contributed by atoms with Gasteiger partial charge in [0.2, 0.25) is 11.8 Å². The monoisotopic (exact) mass is 375 g/mol. The highest BCUT2D eigenvalue weighted by Crippen LogP contribution is 2.19. The molecule has 3 aromatic rings. The van der Waals surface area contributed by atoms with E-state index in [0.29, 0.717) is 6.54 Å². The minimum absolute atomic E-state index is 0.0195. The van der Waals surface area contributed by atoms with Crippen molar-refractivity contribution in [3.8, 4) is 0 Å². The van der Waals surface area contributed by atoms with Crippen LogP contribution in [0, 0.1) is 5.92 Å². The Morgan fingerprint density at radius 3 is 2.43 bits per heavy atom. The molecule has 144 valence electrons. The zero-order valence-corrected chi connectivity index (χ0v) is 16.2. The highest BCUT2D eigenvalue weighted by molar-refractivity contribution is 5.92. The minimum atomic E-state index is -0.579. The lowest BCUT2D eigenvalue weighted by Crippen LogP contribution is -2.49. The average molecular weight is 375 g/mol. The number of carbonyl (C=O) groups is 2. The maximum atomic E-state index is 12.7. The Kier molecular flexibility index (Phi) is 6.37. The van der Waals surface area contributed by atoms with Crippen molar-refractivity contribution in [1.29, 1.82) is 0 Å². The van der Waals surface area contributed by atoms with Gasteiger partial charge < -0.3 is 10.6 Å². The first-order chi connectivity index (χ1) is 13.5. The zero-order chi connectivity index (χ0) is 19.9. The number of pyridine rings is 1. The molecule has 2 aromatic carbocycles. The predicted octanol–water partition coefficient (Wildman–Crippen LogP) is 3.23. The van der Waals surface area contributed by atoms with E-state index in [-0.39, 0.29) is 24.2 Å². The summed E-state index contributed by atoms with van der Waals surface area (Å²) in [5.74, 6) is -0.360. The summed E-state index contributed by atoms with van der Waals surface area (Å²) in [6.45, 7) is 4.26. The first-order valence-corrected chi connectivity index (χ1v) is 9.47. The molecular formula is C23H25N3O2. The summed E-state index contributed by atoms with van der Waals surface area (Å²) >= 11 is 0. The van der Waals surface area contributed by atoms with Crippen LogP contribution in [0.2, 0.25) is 0 Å². The van der Waals surface area contributed by atoms with E-state index in [1.807, 2.05) is 68.4 Å². The van der Waals surface area contributed by atoms with Crippen molar-refractivity contribution in [2.45, 2.75) is 32.9 Å². The summed E-state index contributed by atoms with van der Waals surface area (Å²) < 4.78 is 0. The maximum absolute atomic E-state index is 12.7. The fourth-order valence-corrected chi connectivity index (χ4v) is 3.18. The van der Waals surface area contributed by atoms with Crippen LogP contribution in [0.5, 0.6) is 0 Å². The standard InChI is InChI=1S/C23H25N3O2/c1-16(2)22(23(28)25-15-17-10-12-24-13-11-17)26-21(27)14-19-8-5-7-18-6-3-4-9-20(18)19/h3-13,16,22H,14-15H2,1-2H3,(H,25,28)(H,26,27)/t22-/m1/s1. The molecule has 0 saturated heterocycles. The normalized spacial score (nSPS) is 12.0. The van der Waals surface area contributed by atoms with E-state index in [1.165, 1.54) is 0 Å². The number of nitrogens with zero attached hydrogens (tertiary/aromatic N) is 1. The third kappa shape index (κ3) is 4.94. The predicted molar refractivity (Wildman–Crippen MR) is 111 cm³/mol. The number of benzene rings is 2. The lowest BCUT2D eigenvalue weighted by Gasteiger charge is -2.22. The average Bonchev–Trinajstić information content (AvgIpc) is 2.71. The second-order valence-corrected chi connectivity index (χ2v) is 7.18. The van der Waals surface area contributed by atoms with Crippen LogP contribution in [0.4, 0.5) is 0 Å². The highest BCUT2D eigenvalue weighted by atomic mass is 16.2. The van der Waals surface area contributed by atoms with E-state index in [4.69, 9.17) is 0 Å². The molecule has 0 aliphatic heterocycles. The van der Waals surface area contributed by atoms with E-state index in [2.05, 4.69) is 15.6 Å². The summed E-state index contributed by atoms with van der Waals surface area (Å²) in [4.78, 5) is 29.2. The van der Waals surface area contributed by atoms with Crippen LogP contribution < -0.4 is 10.6 Å². The van der Waals surface area contributed by atoms with E-state index in [0.717, 1.165) is 21.9 Å². The SMILES string of the molecule is CC(C)[C@@H](NC(=O)Cc1cccc2ccccc12)C(=O)NCc1ccncc1. The van der Waals surface area contributed by atoms with Crippen molar-refractivity contribution in [1.82, 2.24) is 15.6 Å². The zero-order valence-electron chi connectivity index (χ0n) is 16.2. The van der Waals surface area contributed by atoms with Gasteiger partial charge in [-0.25, -0.2) is 0 Å². The molecule has 5 heteroatoms. The van der Waals surface area contributed by atoms with Crippen LogP contribution in [0.3, 0.4) is 0 Å². The number of hydrogen-bond acceptors (Lipinski definition) is 3. The summed E-state index contributed by atoms with van der Waals surface area (Å²) in [6.07, 6.45) is 3.61. The molecule has 0 aliphatic carbocycles. The fourth-order valence-electron chi connectivity index (χ4n) is 3.18. The number of aromatic nitrogens is 1. The molecule has 0 bridgehead atoms. The van der Waals surface area contributed by atoms with Gasteiger partial charge in [-0.2, -0.15) is 0 Å². The second kappa shape index (κ2) is 9.13. The molecule has 2 amide bonds. The van der Waals surface area contributed by atoms with Crippen molar-refractivity contribution in [2.24, 2.45) is 5.92 Å². The minimum Gasteiger partial charge on any atom is -0.350 e. The molecule has 0 fully saturated rings. The quantitative estimate of drug-likeness (QED) is 0.666. The molecule has 5 nitrogen and oxygen atoms in total. The summed E-state index contributed by atoms with van der Waals surface area (Å²) in [6, 6.07) is 17.0. The van der Waals surface area contributed by atoms with Crippen molar-refractivity contribution < 1.29 is 9.59 Å².